The summed E-state index contributed by atoms with van der Waals surface area (Å²) in [6.45, 7) is 4.65. The number of likely N-dealkylation sites (tertiary alicyclic amines) is 1. The molecule has 0 spiro atoms. The normalized spacial score (nSPS) is 14.4. The fraction of sp³-hybridized carbons (Fsp3) is 0.323. The molecule has 198 valence electrons. The molecule has 1 aliphatic rings. The number of fused-ring (bicyclic) bond motifs is 1. The monoisotopic (exact) mass is 515 g/mol. The van der Waals surface area contributed by atoms with Crippen LogP contribution in [-0.2, 0) is 6.61 Å². The predicted octanol–water partition coefficient (Wildman–Crippen LogP) is 6.10. The average Bonchev–Trinajstić information content (AvgIpc) is 3.38. The first-order chi connectivity index (χ1) is 18.6. The molecule has 0 aliphatic carbocycles. The number of aromatic nitrogens is 1. The van der Waals surface area contributed by atoms with Crippen molar-refractivity contribution < 1.29 is 18.7 Å². The van der Waals surface area contributed by atoms with Crippen molar-refractivity contribution in [3.63, 3.8) is 0 Å². The van der Waals surface area contributed by atoms with Gasteiger partial charge in [-0.25, -0.2) is 9.18 Å². The largest absolute Gasteiger partial charge is 0.494 e. The van der Waals surface area contributed by atoms with Crippen LogP contribution >= 0.6 is 0 Å². The Kier molecular flexibility index (Phi) is 8.56. The summed E-state index contributed by atoms with van der Waals surface area (Å²) in [7, 11) is 0. The Hall–Kier alpha value is -3.84. The number of piperidine rings is 1. The molecule has 1 N–H and O–H groups in total. The minimum Gasteiger partial charge on any atom is -0.494 e. The van der Waals surface area contributed by atoms with Gasteiger partial charge in [0.15, 0.2) is 0 Å². The lowest BCUT2D eigenvalue weighted by Crippen LogP contribution is -2.40. The molecule has 0 atom stereocenters. The van der Waals surface area contributed by atoms with E-state index in [1.165, 1.54) is 12.1 Å². The summed E-state index contributed by atoms with van der Waals surface area (Å²) in [6, 6.07) is 23.9. The molecule has 3 aromatic carbocycles. The van der Waals surface area contributed by atoms with Crippen LogP contribution in [0.4, 0.5) is 9.18 Å². The molecule has 5 rings (SSSR count). The van der Waals surface area contributed by atoms with Gasteiger partial charge >= 0.3 is 6.03 Å². The first-order valence-electron chi connectivity index (χ1n) is 13.3. The Morgan fingerprint density at radius 1 is 0.921 bits per heavy atom. The zero-order chi connectivity index (χ0) is 26.2. The SMILES string of the molecule is O=C(NCCN1CCC(CCOc2ccc(F)cc2)CC1)n1ccc2cc(OCc3ccccc3)ccc21. The molecule has 0 radical (unpaired) electrons. The van der Waals surface area contributed by atoms with E-state index in [4.69, 9.17) is 9.47 Å². The van der Waals surface area contributed by atoms with Crippen LogP contribution in [0, 0.1) is 11.7 Å². The van der Waals surface area contributed by atoms with Crippen molar-refractivity contribution in [2.45, 2.75) is 25.9 Å². The maximum Gasteiger partial charge on any atom is 0.326 e. The van der Waals surface area contributed by atoms with Gasteiger partial charge in [0, 0.05) is 24.7 Å². The Bertz CT molecular complexity index is 1320. The molecule has 1 aliphatic heterocycles. The van der Waals surface area contributed by atoms with Crippen molar-refractivity contribution in [2.75, 3.05) is 32.8 Å². The van der Waals surface area contributed by atoms with Crippen molar-refractivity contribution in [1.82, 2.24) is 14.8 Å². The van der Waals surface area contributed by atoms with E-state index in [2.05, 4.69) is 10.2 Å². The van der Waals surface area contributed by atoms with E-state index in [1.807, 2.05) is 54.6 Å². The zero-order valence-electron chi connectivity index (χ0n) is 21.5. The summed E-state index contributed by atoms with van der Waals surface area (Å²) < 4.78 is 26.3. The van der Waals surface area contributed by atoms with Crippen LogP contribution in [0.25, 0.3) is 10.9 Å². The number of carbonyl (C=O) groups is 1. The number of benzene rings is 3. The quantitative estimate of drug-likeness (QED) is 0.277. The van der Waals surface area contributed by atoms with Crippen LogP contribution in [-0.4, -0.2) is 48.3 Å². The van der Waals surface area contributed by atoms with Crippen LogP contribution in [0.2, 0.25) is 0 Å². The van der Waals surface area contributed by atoms with Crippen LogP contribution in [0.3, 0.4) is 0 Å². The number of hydrogen-bond donors (Lipinski definition) is 1. The summed E-state index contributed by atoms with van der Waals surface area (Å²) in [5, 5.41) is 4.03. The van der Waals surface area contributed by atoms with Crippen molar-refractivity contribution >= 4 is 16.9 Å². The van der Waals surface area contributed by atoms with Crippen LogP contribution < -0.4 is 14.8 Å². The molecule has 4 aromatic rings. The molecule has 0 bridgehead atoms. The number of halogens is 1. The summed E-state index contributed by atoms with van der Waals surface area (Å²) >= 11 is 0. The standard InChI is InChI=1S/C31H34FN3O3/c32-27-6-8-28(9-7-27)37-21-15-24-12-17-34(18-13-24)20-16-33-31(36)35-19-14-26-22-29(10-11-30(26)35)38-23-25-4-2-1-3-5-25/h1-11,14,19,22,24H,12-13,15-18,20-21,23H2,(H,33,36). The van der Waals surface area contributed by atoms with Crippen LogP contribution in [0.5, 0.6) is 11.5 Å². The fourth-order valence-corrected chi connectivity index (χ4v) is 4.91. The third-order valence-electron chi connectivity index (χ3n) is 7.15. The third kappa shape index (κ3) is 6.92. The number of nitrogens with one attached hydrogen (secondary N) is 1. The molecule has 1 aromatic heterocycles. The van der Waals surface area contributed by atoms with Crippen molar-refractivity contribution in [3.05, 3.63) is 96.4 Å². The molecule has 1 saturated heterocycles. The van der Waals surface area contributed by atoms with Gasteiger partial charge in [0.05, 0.1) is 12.1 Å². The molecule has 7 heteroatoms. The highest BCUT2D eigenvalue weighted by molar-refractivity contribution is 5.92. The lowest BCUT2D eigenvalue weighted by Gasteiger charge is -2.31. The summed E-state index contributed by atoms with van der Waals surface area (Å²) in [5.41, 5.74) is 1.97. The molecule has 1 amide bonds. The van der Waals surface area contributed by atoms with E-state index < -0.39 is 0 Å². The van der Waals surface area contributed by atoms with Gasteiger partial charge in [0.2, 0.25) is 0 Å². The molecule has 0 unspecified atom stereocenters. The molecule has 6 nitrogen and oxygen atoms in total. The van der Waals surface area contributed by atoms with Crippen molar-refractivity contribution in [1.29, 1.82) is 0 Å². The van der Waals surface area contributed by atoms with Gasteiger partial charge in [0.25, 0.3) is 0 Å². The van der Waals surface area contributed by atoms with Gasteiger partial charge in [-0.3, -0.25) is 4.57 Å². The summed E-state index contributed by atoms with van der Waals surface area (Å²) in [5.74, 6) is 1.88. The Balaban J connectivity index is 1.01. The van der Waals surface area contributed by atoms with Gasteiger partial charge in [0.1, 0.15) is 23.9 Å². The van der Waals surface area contributed by atoms with Gasteiger partial charge < -0.3 is 19.7 Å². The van der Waals surface area contributed by atoms with Gasteiger partial charge in [-0.15, -0.1) is 0 Å². The first kappa shape index (κ1) is 25.8. The minimum absolute atomic E-state index is 0.120. The number of hydrogen-bond acceptors (Lipinski definition) is 4. The zero-order valence-corrected chi connectivity index (χ0v) is 21.5. The van der Waals surface area contributed by atoms with Gasteiger partial charge in [-0.1, -0.05) is 30.3 Å². The Labute approximate surface area is 223 Å². The highest BCUT2D eigenvalue weighted by Gasteiger charge is 2.19. The number of carbonyl (C=O) groups excluding carboxylic acids is 1. The topological polar surface area (TPSA) is 55.7 Å². The van der Waals surface area contributed by atoms with E-state index in [1.54, 1.807) is 22.9 Å². The first-order valence-corrected chi connectivity index (χ1v) is 13.3. The number of nitrogens with zero attached hydrogens (tertiary/aromatic N) is 2. The minimum atomic E-state index is -0.249. The molecule has 1 fully saturated rings. The van der Waals surface area contributed by atoms with E-state index in [9.17, 15) is 9.18 Å². The fourth-order valence-electron chi connectivity index (χ4n) is 4.91. The van der Waals surface area contributed by atoms with Crippen LogP contribution in [0.1, 0.15) is 24.8 Å². The third-order valence-corrected chi connectivity index (χ3v) is 7.15. The number of ether oxygens (including phenoxy) is 2. The smallest absolute Gasteiger partial charge is 0.326 e. The number of rotatable bonds is 10. The van der Waals surface area contributed by atoms with Crippen molar-refractivity contribution in [2.24, 2.45) is 5.92 Å². The maximum atomic E-state index is 13.0. The van der Waals surface area contributed by atoms with Gasteiger partial charge in [-0.2, -0.15) is 0 Å². The van der Waals surface area contributed by atoms with E-state index >= 15 is 0 Å². The highest BCUT2D eigenvalue weighted by atomic mass is 19.1. The van der Waals surface area contributed by atoms with Gasteiger partial charge in [-0.05, 0) is 92.4 Å². The maximum absolute atomic E-state index is 13.0. The molecule has 0 saturated carbocycles. The predicted molar refractivity (Wildman–Crippen MR) is 147 cm³/mol. The Morgan fingerprint density at radius 2 is 1.68 bits per heavy atom. The second-order valence-electron chi connectivity index (χ2n) is 9.79. The summed E-state index contributed by atoms with van der Waals surface area (Å²) in [6.07, 6.45) is 5.05. The average molecular weight is 516 g/mol. The lowest BCUT2D eigenvalue weighted by molar-refractivity contribution is 0.164. The second-order valence-corrected chi connectivity index (χ2v) is 9.79. The lowest BCUT2D eigenvalue weighted by atomic mass is 9.94. The van der Waals surface area contributed by atoms with Crippen molar-refractivity contribution in [3.8, 4) is 11.5 Å². The van der Waals surface area contributed by atoms with Crippen LogP contribution in [0.15, 0.2) is 85.1 Å². The van der Waals surface area contributed by atoms with E-state index in [-0.39, 0.29) is 11.8 Å². The number of amides is 1. The summed E-state index contributed by atoms with van der Waals surface area (Å²) in [4.78, 5) is 15.2. The Morgan fingerprint density at radius 3 is 2.47 bits per heavy atom. The second kappa shape index (κ2) is 12.6. The molecular weight excluding hydrogens is 481 g/mol. The molecule has 38 heavy (non-hydrogen) atoms. The van der Waals surface area contributed by atoms with E-state index in [0.29, 0.717) is 31.4 Å². The molecular formula is C31H34FN3O3. The molecule has 2 heterocycles. The van der Waals surface area contributed by atoms with E-state index in [0.717, 1.165) is 61.1 Å². The highest BCUT2D eigenvalue weighted by Crippen LogP contribution is 2.23.